The molecular formula is C16H27N3O. The summed E-state index contributed by atoms with van der Waals surface area (Å²) in [5, 5.41) is 0. The highest BCUT2D eigenvalue weighted by atomic mass is 16.5. The third-order valence-corrected chi connectivity index (χ3v) is 4.78. The van der Waals surface area contributed by atoms with Crippen LogP contribution < -0.4 is 16.0 Å². The molecule has 4 nitrogen and oxygen atoms in total. The van der Waals surface area contributed by atoms with Gasteiger partial charge in [-0.25, -0.2) is 0 Å². The predicted molar refractivity (Wildman–Crippen MR) is 82.7 cm³/mol. The Morgan fingerprint density at radius 2 is 2.05 bits per heavy atom. The highest BCUT2D eigenvalue weighted by Crippen LogP contribution is 2.37. The minimum Gasteiger partial charge on any atom is -0.497 e. The Balaban J connectivity index is 2.19. The van der Waals surface area contributed by atoms with Crippen molar-refractivity contribution in [2.45, 2.75) is 43.7 Å². The second-order valence-corrected chi connectivity index (χ2v) is 5.98. The summed E-state index contributed by atoms with van der Waals surface area (Å²) in [6.45, 7) is 0. The molecule has 1 saturated carbocycles. The van der Waals surface area contributed by atoms with Crippen LogP contribution in [0.5, 0.6) is 5.75 Å². The second kappa shape index (κ2) is 6.57. The van der Waals surface area contributed by atoms with Gasteiger partial charge < -0.3 is 9.64 Å². The Kier molecular flexibility index (Phi) is 5.02. The van der Waals surface area contributed by atoms with E-state index in [1.807, 2.05) is 12.1 Å². The normalized spacial score (nSPS) is 19.2. The number of ether oxygens (including phenoxy) is 1. The van der Waals surface area contributed by atoms with Crippen LogP contribution in [0.25, 0.3) is 0 Å². The molecule has 1 aromatic rings. The Morgan fingerprint density at radius 3 is 2.60 bits per heavy atom. The van der Waals surface area contributed by atoms with Gasteiger partial charge in [-0.1, -0.05) is 25.0 Å². The Hall–Kier alpha value is -1.10. The lowest BCUT2D eigenvalue weighted by Crippen LogP contribution is -2.60. The van der Waals surface area contributed by atoms with Gasteiger partial charge in [0, 0.05) is 11.6 Å². The van der Waals surface area contributed by atoms with Crippen LogP contribution in [0.4, 0.5) is 0 Å². The molecule has 112 valence electrons. The van der Waals surface area contributed by atoms with Crippen molar-refractivity contribution in [3.63, 3.8) is 0 Å². The molecule has 0 amide bonds. The van der Waals surface area contributed by atoms with Gasteiger partial charge in [0.2, 0.25) is 0 Å². The number of hydrogen-bond acceptors (Lipinski definition) is 4. The fraction of sp³-hybridized carbons (Fsp3) is 0.625. The van der Waals surface area contributed by atoms with Crippen LogP contribution in [-0.4, -0.2) is 37.7 Å². The van der Waals surface area contributed by atoms with Crippen molar-refractivity contribution < 1.29 is 4.74 Å². The van der Waals surface area contributed by atoms with Crippen LogP contribution in [0.1, 0.15) is 31.2 Å². The van der Waals surface area contributed by atoms with Gasteiger partial charge in [-0.3, -0.25) is 11.3 Å². The van der Waals surface area contributed by atoms with E-state index in [0.29, 0.717) is 0 Å². The van der Waals surface area contributed by atoms with E-state index in [-0.39, 0.29) is 11.6 Å². The summed E-state index contributed by atoms with van der Waals surface area (Å²) in [5.41, 5.74) is 4.50. The van der Waals surface area contributed by atoms with Gasteiger partial charge in [-0.2, -0.15) is 0 Å². The molecule has 1 aliphatic carbocycles. The van der Waals surface area contributed by atoms with Crippen molar-refractivity contribution in [1.29, 1.82) is 0 Å². The van der Waals surface area contributed by atoms with Gasteiger partial charge in [0.25, 0.3) is 0 Å². The lowest BCUT2D eigenvalue weighted by molar-refractivity contribution is 0.104. The molecule has 1 atom stereocenters. The zero-order valence-corrected chi connectivity index (χ0v) is 12.9. The number of nitrogens with one attached hydrogen (secondary N) is 1. The smallest absolute Gasteiger partial charge is 0.119 e. The number of nitrogens with zero attached hydrogens (tertiary/aromatic N) is 1. The Bertz CT molecular complexity index is 427. The van der Waals surface area contributed by atoms with Crippen LogP contribution in [0.2, 0.25) is 0 Å². The molecule has 20 heavy (non-hydrogen) atoms. The van der Waals surface area contributed by atoms with E-state index in [0.717, 1.165) is 12.2 Å². The minimum absolute atomic E-state index is 0.165. The molecule has 2 rings (SSSR count). The molecule has 0 spiro atoms. The number of benzene rings is 1. The van der Waals surface area contributed by atoms with Gasteiger partial charge in [0.15, 0.2) is 0 Å². The number of methoxy groups -OCH3 is 1. The SMILES string of the molecule is COc1cccc(CC(NN)C2(N(C)C)CCCC2)c1. The molecule has 3 N–H and O–H groups in total. The maximum Gasteiger partial charge on any atom is 0.119 e. The van der Waals surface area contributed by atoms with Crippen molar-refractivity contribution in [2.75, 3.05) is 21.2 Å². The molecular weight excluding hydrogens is 250 g/mol. The summed E-state index contributed by atoms with van der Waals surface area (Å²) in [4.78, 5) is 2.35. The molecule has 1 unspecified atom stereocenters. The summed E-state index contributed by atoms with van der Waals surface area (Å²) in [7, 11) is 6.04. The highest BCUT2D eigenvalue weighted by molar-refractivity contribution is 5.29. The molecule has 0 heterocycles. The topological polar surface area (TPSA) is 50.5 Å². The average molecular weight is 277 g/mol. The molecule has 0 radical (unpaired) electrons. The molecule has 0 aromatic heterocycles. The summed E-state index contributed by atoms with van der Waals surface area (Å²) >= 11 is 0. The van der Waals surface area contributed by atoms with E-state index < -0.39 is 0 Å². The second-order valence-electron chi connectivity index (χ2n) is 5.98. The van der Waals surface area contributed by atoms with Crippen molar-refractivity contribution >= 4 is 0 Å². The molecule has 1 fully saturated rings. The lowest BCUT2D eigenvalue weighted by atomic mass is 9.83. The number of nitrogens with two attached hydrogens (primary N) is 1. The van der Waals surface area contributed by atoms with Crippen LogP contribution >= 0.6 is 0 Å². The monoisotopic (exact) mass is 277 g/mol. The van der Waals surface area contributed by atoms with Gasteiger partial charge in [-0.15, -0.1) is 0 Å². The number of hydrazine groups is 1. The average Bonchev–Trinajstić information content (AvgIpc) is 2.95. The minimum atomic E-state index is 0.165. The summed E-state index contributed by atoms with van der Waals surface area (Å²) in [5.74, 6) is 6.79. The maximum absolute atomic E-state index is 5.89. The third kappa shape index (κ3) is 2.97. The predicted octanol–water partition coefficient (Wildman–Crippen LogP) is 1.94. The first kappa shape index (κ1) is 15.3. The summed E-state index contributed by atoms with van der Waals surface area (Å²) in [6, 6.07) is 8.52. The van der Waals surface area contributed by atoms with Crippen LogP contribution in [0.15, 0.2) is 24.3 Å². The molecule has 0 bridgehead atoms. The molecule has 1 aromatic carbocycles. The van der Waals surface area contributed by atoms with E-state index in [9.17, 15) is 0 Å². The fourth-order valence-electron chi connectivity index (χ4n) is 3.53. The van der Waals surface area contributed by atoms with Crippen molar-refractivity contribution in [1.82, 2.24) is 10.3 Å². The molecule has 0 aliphatic heterocycles. The number of rotatable bonds is 6. The number of hydrogen-bond donors (Lipinski definition) is 2. The van der Waals surface area contributed by atoms with E-state index in [4.69, 9.17) is 10.6 Å². The number of likely N-dealkylation sites (N-methyl/N-ethyl adjacent to an activating group) is 1. The highest BCUT2D eigenvalue weighted by Gasteiger charge is 2.42. The standard InChI is InChI=1S/C16H27N3O/c1-19(2)16(9-4-5-10-16)15(18-17)12-13-7-6-8-14(11-13)20-3/h6-8,11,15,18H,4-5,9-10,12,17H2,1-3H3. The quantitative estimate of drug-likeness (QED) is 0.616. The van der Waals surface area contributed by atoms with Crippen LogP contribution in [-0.2, 0) is 6.42 Å². The Morgan fingerprint density at radius 1 is 1.35 bits per heavy atom. The van der Waals surface area contributed by atoms with Crippen molar-refractivity contribution in [3.05, 3.63) is 29.8 Å². The Labute approximate surface area is 122 Å². The molecule has 1 aliphatic rings. The van der Waals surface area contributed by atoms with E-state index in [1.54, 1.807) is 7.11 Å². The van der Waals surface area contributed by atoms with E-state index in [2.05, 4.69) is 36.6 Å². The first-order chi connectivity index (χ1) is 9.62. The van der Waals surface area contributed by atoms with Gasteiger partial charge in [0.05, 0.1) is 7.11 Å². The first-order valence-electron chi connectivity index (χ1n) is 7.39. The first-order valence-corrected chi connectivity index (χ1v) is 7.39. The van der Waals surface area contributed by atoms with Crippen molar-refractivity contribution in [2.24, 2.45) is 5.84 Å². The van der Waals surface area contributed by atoms with Crippen LogP contribution in [0, 0.1) is 0 Å². The maximum atomic E-state index is 5.89. The van der Waals surface area contributed by atoms with Crippen molar-refractivity contribution in [3.8, 4) is 5.75 Å². The third-order valence-electron chi connectivity index (χ3n) is 4.78. The zero-order valence-electron chi connectivity index (χ0n) is 12.9. The fourth-order valence-corrected chi connectivity index (χ4v) is 3.53. The van der Waals surface area contributed by atoms with Gasteiger partial charge >= 0.3 is 0 Å². The van der Waals surface area contributed by atoms with E-state index >= 15 is 0 Å². The van der Waals surface area contributed by atoms with Crippen LogP contribution in [0.3, 0.4) is 0 Å². The molecule has 4 heteroatoms. The zero-order chi connectivity index (χ0) is 14.6. The summed E-state index contributed by atoms with van der Waals surface area (Å²) < 4.78 is 5.31. The van der Waals surface area contributed by atoms with Gasteiger partial charge in [-0.05, 0) is 51.1 Å². The molecule has 0 saturated heterocycles. The largest absolute Gasteiger partial charge is 0.497 e. The summed E-state index contributed by atoms with van der Waals surface area (Å²) in [6.07, 6.45) is 5.91. The van der Waals surface area contributed by atoms with E-state index in [1.165, 1.54) is 31.2 Å². The van der Waals surface area contributed by atoms with Gasteiger partial charge in [0.1, 0.15) is 5.75 Å². The lowest BCUT2D eigenvalue weighted by Gasteiger charge is -2.43.